The van der Waals surface area contributed by atoms with Crippen molar-refractivity contribution >= 4 is 34.4 Å². The van der Waals surface area contributed by atoms with Crippen LogP contribution in [0.25, 0.3) is 11.0 Å². The minimum absolute atomic E-state index is 0.283. The van der Waals surface area contributed by atoms with E-state index in [9.17, 15) is 9.18 Å². The van der Waals surface area contributed by atoms with Crippen LogP contribution in [0.2, 0.25) is 0 Å². The first kappa shape index (κ1) is 16.4. The number of imidazole rings is 1. The number of para-hydroxylation sites is 2. The number of nitrogens with zero attached hydrogens (tertiary/aromatic N) is 1. The second-order valence-electron chi connectivity index (χ2n) is 5.65. The van der Waals surface area contributed by atoms with Gasteiger partial charge < -0.3 is 10.3 Å². The molecule has 0 atom stereocenters. The number of hydrogen-bond donors (Lipinski definition) is 2. The molecular formula is C20H14FN3OS. The standard InChI is InChI=1S/C20H14FN3OS/c21-14-5-3-4-13(12-14)19(25)22-15-8-10-16(11-9-15)26-20-23-17-6-1-2-7-18(17)24-20/h1-12H,(H,22,25)(H,23,24). The van der Waals surface area contributed by atoms with Crippen LogP contribution in [-0.4, -0.2) is 15.9 Å². The molecular weight excluding hydrogens is 349 g/mol. The smallest absolute Gasteiger partial charge is 0.255 e. The first-order chi connectivity index (χ1) is 12.7. The molecule has 128 valence electrons. The maximum absolute atomic E-state index is 13.2. The van der Waals surface area contributed by atoms with Crippen LogP contribution in [0.5, 0.6) is 0 Å². The van der Waals surface area contributed by atoms with E-state index >= 15 is 0 Å². The molecule has 26 heavy (non-hydrogen) atoms. The average Bonchev–Trinajstić information content (AvgIpc) is 3.05. The molecule has 0 bridgehead atoms. The molecule has 0 aliphatic heterocycles. The highest BCUT2D eigenvalue weighted by Gasteiger charge is 2.08. The molecule has 0 saturated heterocycles. The predicted octanol–water partition coefficient (Wildman–Crippen LogP) is 5.11. The Balaban J connectivity index is 1.45. The second kappa shape index (κ2) is 7.01. The fraction of sp³-hybridized carbons (Fsp3) is 0. The molecule has 0 fully saturated rings. The number of aromatic amines is 1. The Morgan fingerprint density at radius 3 is 2.58 bits per heavy atom. The molecule has 6 heteroatoms. The van der Waals surface area contributed by atoms with Gasteiger partial charge in [-0.2, -0.15) is 0 Å². The summed E-state index contributed by atoms with van der Waals surface area (Å²) >= 11 is 1.51. The van der Waals surface area contributed by atoms with E-state index in [-0.39, 0.29) is 11.5 Å². The van der Waals surface area contributed by atoms with Crippen LogP contribution in [0.1, 0.15) is 10.4 Å². The van der Waals surface area contributed by atoms with Crippen LogP contribution >= 0.6 is 11.8 Å². The summed E-state index contributed by atoms with van der Waals surface area (Å²) in [6.45, 7) is 0. The third-order valence-corrected chi connectivity index (χ3v) is 4.68. The fourth-order valence-corrected chi connectivity index (χ4v) is 3.33. The Kier molecular flexibility index (Phi) is 4.41. The second-order valence-corrected chi connectivity index (χ2v) is 6.71. The highest BCUT2D eigenvalue weighted by molar-refractivity contribution is 7.99. The third-order valence-electron chi connectivity index (χ3n) is 3.78. The topological polar surface area (TPSA) is 57.8 Å². The minimum atomic E-state index is -0.435. The molecule has 4 rings (SSSR count). The van der Waals surface area contributed by atoms with Crippen molar-refractivity contribution in [1.29, 1.82) is 0 Å². The Labute approximate surface area is 153 Å². The van der Waals surface area contributed by atoms with E-state index in [4.69, 9.17) is 0 Å². The predicted molar refractivity (Wildman–Crippen MR) is 101 cm³/mol. The number of amides is 1. The Morgan fingerprint density at radius 1 is 1.00 bits per heavy atom. The van der Waals surface area contributed by atoms with Crippen molar-refractivity contribution in [2.75, 3.05) is 5.32 Å². The molecule has 4 aromatic rings. The van der Waals surface area contributed by atoms with Gasteiger partial charge in [0.05, 0.1) is 11.0 Å². The number of hydrogen-bond acceptors (Lipinski definition) is 3. The number of nitrogens with one attached hydrogen (secondary N) is 2. The normalized spacial score (nSPS) is 10.8. The summed E-state index contributed by atoms with van der Waals surface area (Å²) in [6, 6.07) is 20.9. The lowest BCUT2D eigenvalue weighted by molar-refractivity contribution is 0.102. The molecule has 4 nitrogen and oxygen atoms in total. The zero-order chi connectivity index (χ0) is 17.9. The number of carbonyl (C=O) groups is 1. The lowest BCUT2D eigenvalue weighted by atomic mass is 10.2. The van der Waals surface area contributed by atoms with Gasteiger partial charge in [0.25, 0.3) is 5.91 Å². The number of carbonyl (C=O) groups excluding carboxylic acids is 1. The number of halogens is 1. The molecule has 1 heterocycles. The van der Waals surface area contributed by atoms with Gasteiger partial charge in [-0.3, -0.25) is 4.79 Å². The van der Waals surface area contributed by atoms with Gasteiger partial charge in [0.2, 0.25) is 0 Å². The van der Waals surface area contributed by atoms with Gasteiger partial charge in [-0.1, -0.05) is 30.0 Å². The summed E-state index contributed by atoms with van der Waals surface area (Å²) in [5.41, 5.74) is 2.85. The molecule has 0 unspecified atom stereocenters. The maximum Gasteiger partial charge on any atom is 0.255 e. The summed E-state index contributed by atoms with van der Waals surface area (Å²) in [5, 5.41) is 3.57. The van der Waals surface area contributed by atoms with Crippen LogP contribution in [0, 0.1) is 5.82 Å². The molecule has 0 radical (unpaired) electrons. The van der Waals surface area contributed by atoms with Crippen LogP contribution in [-0.2, 0) is 0 Å². The summed E-state index contributed by atoms with van der Waals surface area (Å²) < 4.78 is 13.2. The van der Waals surface area contributed by atoms with E-state index in [0.29, 0.717) is 5.69 Å². The van der Waals surface area contributed by atoms with E-state index < -0.39 is 5.82 Å². The summed E-state index contributed by atoms with van der Waals surface area (Å²) in [5.74, 6) is -0.780. The highest BCUT2D eigenvalue weighted by atomic mass is 32.2. The van der Waals surface area contributed by atoms with Crippen LogP contribution in [0.3, 0.4) is 0 Å². The molecule has 1 amide bonds. The van der Waals surface area contributed by atoms with Crippen molar-refractivity contribution in [3.05, 3.63) is 84.2 Å². The Hall–Kier alpha value is -3.12. The third kappa shape index (κ3) is 3.60. The van der Waals surface area contributed by atoms with Crippen molar-refractivity contribution in [2.24, 2.45) is 0 Å². The molecule has 0 spiro atoms. The van der Waals surface area contributed by atoms with Crippen molar-refractivity contribution in [3.63, 3.8) is 0 Å². The lowest BCUT2D eigenvalue weighted by Gasteiger charge is -2.06. The van der Waals surface area contributed by atoms with Crippen molar-refractivity contribution in [2.45, 2.75) is 10.1 Å². The first-order valence-corrected chi connectivity index (χ1v) is 8.79. The van der Waals surface area contributed by atoms with E-state index in [1.807, 2.05) is 48.5 Å². The van der Waals surface area contributed by atoms with E-state index in [2.05, 4.69) is 15.3 Å². The Bertz CT molecular complexity index is 1040. The quantitative estimate of drug-likeness (QED) is 0.530. The lowest BCUT2D eigenvalue weighted by Crippen LogP contribution is -2.11. The zero-order valence-electron chi connectivity index (χ0n) is 13.6. The maximum atomic E-state index is 13.2. The molecule has 1 aromatic heterocycles. The number of aromatic nitrogens is 2. The molecule has 2 N–H and O–H groups in total. The molecule has 0 aliphatic carbocycles. The number of rotatable bonds is 4. The number of H-pyrrole nitrogens is 1. The van der Waals surface area contributed by atoms with Gasteiger partial charge in [0.1, 0.15) is 5.82 Å². The highest BCUT2D eigenvalue weighted by Crippen LogP contribution is 2.28. The number of benzene rings is 3. The van der Waals surface area contributed by atoms with Crippen molar-refractivity contribution in [1.82, 2.24) is 9.97 Å². The van der Waals surface area contributed by atoms with Crippen LogP contribution in [0.4, 0.5) is 10.1 Å². The van der Waals surface area contributed by atoms with Gasteiger partial charge >= 0.3 is 0 Å². The van der Waals surface area contributed by atoms with Gasteiger partial charge in [0.15, 0.2) is 5.16 Å². The first-order valence-electron chi connectivity index (χ1n) is 7.97. The van der Waals surface area contributed by atoms with Crippen molar-refractivity contribution in [3.8, 4) is 0 Å². The molecule has 0 aliphatic rings. The zero-order valence-corrected chi connectivity index (χ0v) is 14.4. The summed E-state index contributed by atoms with van der Waals surface area (Å²) in [7, 11) is 0. The number of anilines is 1. The van der Waals surface area contributed by atoms with Gasteiger partial charge in [0, 0.05) is 16.1 Å². The van der Waals surface area contributed by atoms with Crippen molar-refractivity contribution < 1.29 is 9.18 Å². The fourth-order valence-electron chi connectivity index (χ4n) is 2.53. The Morgan fingerprint density at radius 2 is 1.81 bits per heavy atom. The monoisotopic (exact) mass is 363 g/mol. The SMILES string of the molecule is O=C(Nc1ccc(Sc2nc3ccccc3[nH]2)cc1)c1cccc(F)c1. The van der Waals surface area contributed by atoms with Crippen LogP contribution in [0.15, 0.2) is 82.8 Å². The van der Waals surface area contributed by atoms with Crippen LogP contribution < -0.4 is 5.32 Å². The minimum Gasteiger partial charge on any atom is -0.333 e. The van der Waals surface area contributed by atoms with E-state index in [1.165, 1.54) is 30.0 Å². The van der Waals surface area contributed by atoms with E-state index in [1.54, 1.807) is 6.07 Å². The van der Waals surface area contributed by atoms with E-state index in [0.717, 1.165) is 21.1 Å². The largest absolute Gasteiger partial charge is 0.333 e. The summed E-state index contributed by atoms with van der Waals surface area (Å²) in [6.07, 6.45) is 0. The average molecular weight is 363 g/mol. The molecule has 3 aromatic carbocycles. The van der Waals surface area contributed by atoms with Gasteiger partial charge in [-0.15, -0.1) is 0 Å². The summed E-state index contributed by atoms with van der Waals surface area (Å²) in [4.78, 5) is 20.9. The van der Waals surface area contributed by atoms with Gasteiger partial charge in [-0.25, -0.2) is 9.37 Å². The molecule has 0 saturated carbocycles. The number of fused-ring (bicyclic) bond motifs is 1. The van der Waals surface area contributed by atoms with Gasteiger partial charge in [-0.05, 0) is 54.6 Å².